The molecule has 0 radical (unpaired) electrons. The zero-order valence-electron chi connectivity index (χ0n) is 23.3. The van der Waals surface area contributed by atoms with E-state index in [1.807, 2.05) is 13.8 Å². The van der Waals surface area contributed by atoms with Crippen molar-refractivity contribution in [1.29, 1.82) is 0 Å². The zero-order chi connectivity index (χ0) is 27.0. The molecule has 0 saturated heterocycles. The number of carbonyl (C=O) groups excluding carboxylic acids is 1. The fourth-order valence-corrected chi connectivity index (χ4v) is 4.04. The first-order valence-electron chi connectivity index (χ1n) is 13.8. The summed E-state index contributed by atoms with van der Waals surface area (Å²) in [7, 11) is -4.17. The Bertz CT molecular complexity index is 616. The molecule has 4 N–H and O–H groups in total. The summed E-state index contributed by atoms with van der Waals surface area (Å²) in [4.78, 5) is 12.1. The second-order valence-electron chi connectivity index (χ2n) is 10.0. The molecule has 1 amide bonds. The van der Waals surface area contributed by atoms with Gasteiger partial charge in [-0.3, -0.25) is 9.35 Å². The lowest BCUT2D eigenvalue weighted by Gasteiger charge is -2.26. The van der Waals surface area contributed by atoms with Crippen LogP contribution in [-0.4, -0.2) is 37.1 Å². The molecule has 0 aromatic carbocycles. The van der Waals surface area contributed by atoms with Gasteiger partial charge in [-0.15, -0.1) is 0 Å². The van der Waals surface area contributed by atoms with Crippen LogP contribution in [0.3, 0.4) is 0 Å². The first kappa shape index (κ1) is 36.2. The summed E-state index contributed by atoms with van der Waals surface area (Å²) in [6.45, 7) is 9.86. The first-order valence-corrected chi connectivity index (χ1v) is 15.2. The highest BCUT2D eigenvalue weighted by atomic mass is 32.3. The van der Waals surface area contributed by atoms with Crippen LogP contribution in [-0.2, 0) is 19.4 Å². The highest BCUT2D eigenvalue weighted by Gasteiger charge is 2.19. The van der Waals surface area contributed by atoms with E-state index in [0.29, 0.717) is 6.42 Å². The number of rotatable bonds is 21. The predicted molar refractivity (Wildman–Crippen MR) is 148 cm³/mol. The van der Waals surface area contributed by atoms with Gasteiger partial charge in [-0.25, -0.2) is 4.18 Å². The third-order valence-corrected chi connectivity index (χ3v) is 6.10. The van der Waals surface area contributed by atoms with E-state index >= 15 is 0 Å². The lowest BCUT2D eigenvalue weighted by atomic mass is 9.95. The number of amides is 1. The van der Waals surface area contributed by atoms with Crippen LogP contribution in [0.15, 0.2) is 12.2 Å². The fraction of sp³-hybridized carbons (Fsp3) is 0.889. The van der Waals surface area contributed by atoms with E-state index in [-0.39, 0.29) is 24.1 Å². The van der Waals surface area contributed by atoms with Gasteiger partial charge in [0.2, 0.25) is 5.91 Å². The van der Waals surface area contributed by atoms with E-state index in [0.717, 1.165) is 25.7 Å². The van der Waals surface area contributed by atoms with Crippen molar-refractivity contribution in [2.24, 2.45) is 5.73 Å². The van der Waals surface area contributed by atoms with E-state index in [9.17, 15) is 13.2 Å². The van der Waals surface area contributed by atoms with Crippen LogP contribution in [0, 0.1) is 0 Å². The molecule has 7 nitrogen and oxygen atoms in total. The first-order chi connectivity index (χ1) is 16.4. The van der Waals surface area contributed by atoms with Crippen LogP contribution < -0.4 is 11.1 Å². The summed E-state index contributed by atoms with van der Waals surface area (Å²) >= 11 is 0. The van der Waals surface area contributed by atoms with Crippen LogP contribution in [0.5, 0.6) is 0 Å². The standard InChI is InChI=1S/C25H50N2O.C2H6O4S/c1-5-7-8-9-10-11-12-13-14-15-16-17-18-19-20-21-24(28)27-23(6-2)22-25(3,4)26;1-2-6-7(3,4)5/h13-14,23H,5-12,15-22,26H2,1-4H3,(H,27,28);2H2,1H3,(H,3,4,5)/b14-13-;. The van der Waals surface area contributed by atoms with Crippen LogP contribution in [0.1, 0.15) is 137 Å². The van der Waals surface area contributed by atoms with Gasteiger partial charge in [0.15, 0.2) is 0 Å². The SMILES string of the molecule is CCCCCCCC/C=C\CCCCCCCC(=O)NC(CC)CC(C)(C)N.CCOS(=O)(=O)O. The maximum Gasteiger partial charge on any atom is 0.397 e. The molecule has 0 aromatic rings. The van der Waals surface area contributed by atoms with E-state index in [4.69, 9.17) is 10.3 Å². The van der Waals surface area contributed by atoms with Gasteiger partial charge in [-0.1, -0.05) is 77.4 Å². The number of allylic oxidation sites excluding steroid dienone is 2. The lowest BCUT2D eigenvalue weighted by molar-refractivity contribution is -0.122. The van der Waals surface area contributed by atoms with Gasteiger partial charge in [0.1, 0.15) is 0 Å². The molecule has 0 aliphatic carbocycles. The highest BCUT2D eigenvalue weighted by molar-refractivity contribution is 7.80. The minimum Gasteiger partial charge on any atom is -0.353 e. The molecule has 0 heterocycles. The van der Waals surface area contributed by atoms with E-state index in [2.05, 4.69) is 35.5 Å². The Morgan fingerprint density at radius 2 is 1.40 bits per heavy atom. The van der Waals surface area contributed by atoms with Gasteiger partial charge in [0.05, 0.1) is 6.61 Å². The smallest absolute Gasteiger partial charge is 0.353 e. The molecule has 0 spiro atoms. The van der Waals surface area contributed by atoms with Crippen molar-refractivity contribution in [3.63, 3.8) is 0 Å². The van der Waals surface area contributed by atoms with Gasteiger partial charge in [0, 0.05) is 18.0 Å². The summed E-state index contributed by atoms with van der Waals surface area (Å²) in [5.74, 6) is 0.189. The van der Waals surface area contributed by atoms with Gasteiger partial charge in [0.25, 0.3) is 0 Å². The molecule has 210 valence electrons. The molecule has 0 aliphatic rings. The molecule has 8 heteroatoms. The zero-order valence-corrected chi connectivity index (χ0v) is 24.1. The number of hydrogen-bond donors (Lipinski definition) is 3. The fourth-order valence-electron chi connectivity index (χ4n) is 3.74. The number of nitrogens with two attached hydrogens (primary N) is 1. The van der Waals surface area contributed by atoms with Gasteiger partial charge >= 0.3 is 10.4 Å². The highest BCUT2D eigenvalue weighted by Crippen LogP contribution is 2.12. The van der Waals surface area contributed by atoms with Crippen molar-refractivity contribution in [2.75, 3.05) is 6.61 Å². The van der Waals surface area contributed by atoms with Gasteiger partial charge in [-0.05, 0) is 65.7 Å². The molecule has 0 rings (SSSR count). The second-order valence-corrected chi connectivity index (χ2v) is 11.1. The quantitative estimate of drug-likeness (QED) is 0.0863. The topological polar surface area (TPSA) is 119 Å². The summed E-state index contributed by atoms with van der Waals surface area (Å²) in [6, 6.07) is 0.204. The third-order valence-electron chi connectivity index (χ3n) is 5.56. The Balaban J connectivity index is 0. The minimum absolute atomic E-state index is 0.0289. The van der Waals surface area contributed by atoms with Gasteiger partial charge < -0.3 is 11.1 Å². The summed E-state index contributed by atoms with van der Waals surface area (Å²) < 4.78 is 30.7. The van der Waals surface area contributed by atoms with Crippen LogP contribution >= 0.6 is 0 Å². The largest absolute Gasteiger partial charge is 0.397 e. The van der Waals surface area contributed by atoms with Crippen molar-refractivity contribution < 1.29 is 21.9 Å². The summed E-state index contributed by atoms with van der Waals surface area (Å²) in [6.07, 6.45) is 23.9. The molecular weight excluding hydrogens is 464 g/mol. The van der Waals surface area contributed by atoms with Crippen LogP contribution in [0.4, 0.5) is 0 Å². The number of hydrogen-bond acceptors (Lipinski definition) is 5. The van der Waals surface area contributed by atoms with Crippen molar-refractivity contribution in [1.82, 2.24) is 5.32 Å². The molecular formula is C27H56N2O5S. The molecule has 0 bridgehead atoms. The Morgan fingerprint density at radius 3 is 1.80 bits per heavy atom. The lowest BCUT2D eigenvalue weighted by Crippen LogP contribution is -2.43. The normalized spacial score (nSPS) is 12.9. The molecule has 0 saturated carbocycles. The molecule has 35 heavy (non-hydrogen) atoms. The molecule has 0 fully saturated rings. The maximum absolute atomic E-state index is 12.1. The average Bonchev–Trinajstić information content (AvgIpc) is 2.74. The molecule has 0 aliphatic heterocycles. The van der Waals surface area contributed by atoms with Crippen molar-refractivity contribution in [3.8, 4) is 0 Å². The number of nitrogens with one attached hydrogen (secondary N) is 1. The maximum atomic E-state index is 12.1. The van der Waals surface area contributed by atoms with Crippen LogP contribution in [0.25, 0.3) is 0 Å². The number of unbranched alkanes of at least 4 members (excludes halogenated alkanes) is 11. The Kier molecular flexibility index (Phi) is 24.2. The monoisotopic (exact) mass is 520 g/mol. The van der Waals surface area contributed by atoms with Crippen molar-refractivity contribution in [2.45, 2.75) is 149 Å². The van der Waals surface area contributed by atoms with Crippen LogP contribution in [0.2, 0.25) is 0 Å². The van der Waals surface area contributed by atoms with Crippen molar-refractivity contribution in [3.05, 3.63) is 12.2 Å². The summed E-state index contributed by atoms with van der Waals surface area (Å²) in [5, 5.41) is 3.14. The average molecular weight is 521 g/mol. The predicted octanol–water partition coefficient (Wildman–Crippen LogP) is 6.87. The van der Waals surface area contributed by atoms with Crippen molar-refractivity contribution >= 4 is 16.3 Å². The van der Waals surface area contributed by atoms with E-state index < -0.39 is 10.4 Å². The van der Waals surface area contributed by atoms with Gasteiger partial charge in [-0.2, -0.15) is 8.42 Å². The Morgan fingerprint density at radius 1 is 0.914 bits per heavy atom. The number of carbonyl (C=O) groups is 1. The van der Waals surface area contributed by atoms with E-state index in [1.165, 1.54) is 77.6 Å². The second kappa shape index (κ2) is 23.4. The Hall–Kier alpha value is -0.960. The third kappa shape index (κ3) is 33.0. The van der Waals surface area contributed by atoms with E-state index in [1.54, 1.807) is 0 Å². The Labute approximate surface area is 217 Å². The minimum atomic E-state index is -4.17. The summed E-state index contributed by atoms with van der Waals surface area (Å²) in [5.41, 5.74) is 5.84. The molecule has 1 atom stereocenters. The molecule has 0 aromatic heterocycles. The molecule has 1 unspecified atom stereocenters.